The van der Waals surface area contributed by atoms with Gasteiger partial charge >= 0.3 is 0 Å². The minimum absolute atomic E-state index is 0.106. The van der Waals surface area contributed by atoms with Crippen LogP contribution in [0.25, 0.3) is 17.3 Å². The number of ketones is 1. The number of Topliss-reactive ketones (excluding diaryl/α,β-unsaturated/α-hetero) is 1. The average molecular weight is 224 g/mol. The third-order valence-electron chi connectivity index (χ3n) is 2.40. The van der Waals surface area contributed by atoms with Gasteiger partial charge in [-0.2, -0.15) is 0 Å². The zero-order chi connectivity index (χ0) is 12.3. The number of aromatic nitrogens is 2. The maximum Gasteiger partial charge on any atom is 0.180 e. The maximum absolute atomic E-state index is 11.5. The van der Waals surface area contributed by atoms with Crippen molar-refractivity contribution in [2.45, 2.75) is 6.92 Å². The number of rotatable bonds is 3. The molecule has 17 heavy (non-hydrogen) atoms. The topological polar surface area (TPSA) is 42.9 Å². The first-order valence-electron chi connectivity index (χ1n) is 5.28. The molecule has 0 saturated heterocycles. The minimum atomic E-state index is -0.106. The number of nitrogens with zero attached hydrogens (tertiary/aromatic N) is 2. The van der Waals surface area contributed by atoms with Gasteiger partial charge in [0.05, 0.1) is 17.6 Å². The minimum Gasteiger partial charge on any atom is -0.293 e. The van der Waals surface area contributed by atoms with Gasteiger partial charge in [0, 0.05) is 12.5 Å². The molecule has 0 atom stereocenters. The molecule has 1 aromatic heterocycles. The molecule has 0 N–H and O–H groups in total. The first-order chi connectivity index (χ1) is 8.22. The Bertz CT molecular complexity index is 562. The predicted octanol–water partition coefficient (Wildman–Crippen LogP) is 2.99. The van der Waals surface area contributed by atoms with Crippen LogP contribution in [0.2, 0.25) is 0 Å². The van der Waals surface area contributed by atoms with Crippen molar-refractivity contribution in [3.63, 3.8) is 0 Å². The summed E-state index contributed by atoms with van der Waals surface area (Å²) in [5.74, 6) is -0.106. The van der Waals surface area contributed by atoms with E-state index in [9.17, 15) is 4.79 Å². The number of benzene rings is 1. The van der Waals surface area contributed by atoms with Crippen molar-refractivity contribution < 1.29 is 4.79 Å². The Kier molecular flexibility index (Phi) is 3.10. The molecule has 84 valence electrons. The summed E-state index contributed by atoms with van der Waals surface area (Å²) >= 11 is 0. The van der Waals surface area contributed by atoms with Gasteiger partial charge in [-0.15, -0.1) is 0 Å². The summed E-state index contributed by atoms with van der Waals surface area (Å²) in [6, 6.07) is 9.64. The van der Waals surface area contributed by atoms with Crippen LogP contribution in [0.4, 0.5) is 0 Å². The molecule has 2 rings (SSSR count). The predicted molar refractivity (Wildman–Crippen MR) is 67.6 cm³/mol. The van der Waals surface area contributed by atoms with E-state index < -0.39 is 0 Å². The lowest BCUT2D eigenvalue weighted by Gasteiger charge is -2.04. The molecule has 0 unspecified atom stereocenters. The molecular weight excluding hydrogens is 212 g/mol. The number of carbonyl (C=O) groups excluding carboxylic acids is 1. The summed E-state index contributed by atoms with van der Waals surface area (Å²) in [5, 5.41) is 0. The van der Waals surface area contributed by atoms with E-state index in [0.717, 1.165) is 5.56 Å². The summed E-state index contributed by atoms with van der Waals surface area (Å²) in [4.78, 5) is 20.0. The van der Waals surface area contributed by atoms with Gasteiger partial charge in [0.15, 0.2) is 5.78 Å². The molecule has 2 aromatic rings. The van der Waals surface area contributed by atoms with Gasteiger partial charge in [-0.3, -0.25) is 9.78 Å². The second-order valence-corrected chi connectivity index (χ2v) is 3.62. The molecule has 0 aliphatic rings. The van der Waals surface area contributed by atoms with Gasteiger partial charge in [0.1, 0.15) is 5.69 Å². The SMILES string of the molecule is C=Cc1ncc(-c2ccccc2)nc1C(C)=O. The Labute approximate surface area is 99.9 Å². The number of carbonyl (C=O) groups is 1. The standard InChI is InChI=1S/C14H12N2O/c1-3-12-14(10(2)17)16-13(9-15-12)11-7-5-4-6-8-11/h3-9H,1H2,2H3. The summed E-state index contributed by atoms with van der Waals surface area (Å²) < 4.78 is 0. The molecule has 0 fully saturated rings. The summed E-state index contributed by atoms with van der Waals surface area (Å²) in [5.41, 5.74) is 2.53. The Hall–Kier alpha value is -2.29. The highest BCUT2D eigenvalue weighted by Crippen LogP contribution is 2.17. The zero-order valence-electron chi connectivity index (χ0n) is 9.55. The van der Waals surface area contributed by atoms with Gasteiger partial charge in [-0.1, -0.05) is 36.9 Å². The fraction of sp³-hybridized carbons (Fsp3) is 0.0714. The van der Waals surface area contributed by atoms with Crippen molar-refractivity contribution in [2.75, 3.05) is 0 Å². The highest BCUT2D eigenvalue weighted by atomic mass is 16.1. The summed E-state index contributed by atoms with van der Waals surface area (Å²) in [6.07, 6.45) is 3.19. The lowest BCUT2D eigenvalue weighted by molar-refractivity contribution is 0.101. The second kappa shape index (κ2) is 4.70. The first-order valence-corrected chi connectivity index (χ1v) is 5.28. The van der Waals surface area contributed by atoms with Crippen molar-refractivity contribution >= 4 is 11.9 Å². The van der Waals surface area contributed by atoms with E-state index in [-0.39, 0.29) is 5.78 Å². The molecule has 3 heteroatoms. The van der Waals surface area contributed by atoms with E-state index in [0.29, 0.717) is 17.1 Å². The highest BCUT2D eigenvalue weighted by molar-refractivity contribution is 5.95. The molecular formula is C14H12N2O. The van der Waals surface area contributed by atoms with Gasteiger partial charge in [-0.05, 0) is 6.08 Å². The van der Waals surface area contributed by atoms with Crippen LogP contribution in [0.5, 0.6) is 0 Å². The third-order valence-corrected chi connectivity index (χ3v) is 2.40. The van der Waals surface area contributed by atoms with E-state index in [1.165, 1.54) is 6.92 Å². The first kappa shape index (κ1) is 11.2. The monoisotopic (exact) mass is 224 g/mol. The van der Waals surface area contributed by atoms with Crippen molar-refractivity contribution in [3.05, 3.63) is 54.5 Å². The quantitative estimate of drug-likeness (QED) is 0.753. The Morgan fingerprint density at radius 2 is 2.00 bits per heavy atom. The maximum atomic E-state index is 11.5. The zero-order valence-corrected chi connectivity index (χ0v) is 9.55. The van der Waals surface area contributed by atoms with Crippen LogP contribution in [0.15, 0.2) is 43.1 Å². The Morgan fingerprint density at radius 1 is 1.29 bits per heavy atom. The number of hydrogen-bond acceptors (Lipinski definition) is 3. The smallest absolute Gasteiger partial charge is 0.180 e. The molecule has 1 aromatic carbocycles. The molecule has 0 aliphatic heterocycles. The number of hydrogen-bond donors (Lipinski definition) is 0. The Morgan fingerprint density at radius 3 is 2.59 bits per heavy atom. The van der Waals surface area contributed by atoms with Crippen LogP contribution in [0, 0.1) is 0 Å². The third kappa shape index (κ3) is 2.28. The van der Waals surface area contributed by atoms with Crippen LogP contribution in [0.1, 0.15) is 23.1 Å². The van der Waals surface area contributed by atoms with E-state index in [1.807, 2.05) is 30.3 Å². The van der Waals surface area contributed by atoms with Crippen LogP contribution < -0.4 is 0 Å². The van der Waals surface area contributed by atoms with Gasteiger partial charge in [-0.25, -0.2) is 4.98 Å². The molecule has 0 spiro atoms. The van der Waals surface area contributed by atoms with E-state index in [1.54, 1.807) is 12.3 Å². The van der Waals surface area contributed by atoms with Gasteiger partial charge < -0.3 is 0 Å². The molecule has 0 bridgehead atoms. The fourth-order valence-corrected chi connectivity index (χ4v) is 1.55. The van der Waals surface area contributed by atoms with Crippen LogP contribution in [-0.4, -0.2) is 15.8 Å². The van der Waals surface area contributed by atoms with Gasteiger partial charge in [0.2, 0.25) is 0 Å². The van der Waals surface area contributed by atoms with Gasteiger partial charge in [0.25, 0.3) is 0 Å². The molecule has 0 aliphatic carbocycles. The highest BCUT2D eigenvalue weighted by Gasteiger charge is 2.10. The molecule has 1 heterocycles. The summed E-state index contributed by atoms with van der Waals surface area (Å²) in [7, 11) is 0. The molecule has 0 saturated carbocycles. The molecule has 0 radical (unpaired) electrons. The van der Waals surface area contributed by atoms with Crippen molar-refractivity contribution in [2.24, 2.45) is 0 Å². The largest absolute Gasteiger partial charge is 0.293 e. The second-order valence-electron chi connectivity index (χ2n) is 3.62. The fourth-order valence-electron chi connectivity index (χ4n) is 1.55. The molecule has 0 amide bonds. The van der Waals surface area contributed by atoms with E-state index in [4.69, 9.17) is 0 Å². The van der Waals surface area contributed by atoms with E-state index in [2.05, 4.69) is 16.5 Å². The average Bonchev–Trinajstić information content (AvgIpc) is 2.39. The van der Waals surface area contributed by atoms with Crippen molar-refractivity contribution in [1.29, 1.82) is 0 Å². The lowest BCUT2D eigenvalue weighted by atomic mass is 10.1. The van der Waals surface area contributed by atoms with Crippen LogP contribution in [-0.2, 0) is 0 Å². The van der Waals surface area contributed by atoms with Crippen molar-refractivity contribution in [1.82, 2.24) is 9.97 Å². The Balaban J connectivity index is 2.55. The van der Waals surface area contributed by atoms with E-state index >= 15 is 0 Å². The lowest BCUT2D eigenvalue weighted by Crippen LogP contribution is -2.03. The van der Waals surface area contributed by atoms with Crippen molar-refractivity contribution in [3.8, 4) is 11.3 Å². The van der Waals surface area contributed by atoms with Crippen LogP contribution in [0.3, 0.4) is 0 Å². The van der Waals surface area contributed by atoms with Crippen LogP contribution >= 0.6 is 0 Å². The molecule has 3 nitrogen and oxygen atoms in total. The summed E-state index contributed by atoms with van der Waals surface area (Å²) in [6.45, 7) is 5.10. The normalized spacial score (nSPS) is 9.94.